The van der Waals surface area contributed by atoms with E-state index in [0.29, 0.717) is 12.1 Å². The largest absolute Gasteiger partial charge is 0.314 e. The van der Waals surface area contributed by atoms with Crippen LogP contribution in [0.5, 0.6) is 0 Å². The Morgan fingerprint density at radius 1 is 1.53 bits per heavy atom. The summed E-state index contributed by atoms with van der Waals surface area (Å²) < 4.78 is 2.09. The van der Waals surface area contributed by atoms with Gasteiger partial charge in [-0.2, -0.15) is 5.10 Å². The van der Waals surface area contributed by atoms with Crippen molar-refractivity contribution >= 4 is 0 Å². The van der Waals surface area contributed by atoms with Gasteiger partial charge in [0.05, 0.1) is 5.69 Å². The number of nitrogens with zero attached hydrogens (tertiary/aromatic N) is 3. The first-order valence-electron chi connectivity index (χ1n) is 6.73. The second-order valence-corrected chi connectivity index (χ2v) is 4.92. The van der Waals surface area contributed by atoms with Crippen molar-refractivity contribution in [2.45, 2.75) is 45.8 Å². The highest BCUT2D eigenvalue weighted by Crippen LogP contribution is 2.13. The molecule has 4 heteroatoms. The summed E-state index contributed by atoms with van der Waals surface area (Å²) in [5.74, 6) is 0. The molecule has 1 aliphatic heterocycles. The summed E-state index contributed by atoms with van der Waals surface area (Å²) in [6.45, 7) is 11.0. The Morgan fingerprint density at radius 2 is 2.29 bits per heavy atom. The molecular weight excluding hydrogens is 212 g/mol. The molecule has 1 fully saturated rings. The minimum atomic E-state index is 0.504. The fourth-order valence-electron chi connectivity index (χ4n) is 2.13. The van der Waals surface area contributed by atoms with Crippen molar-refractivity contribution in [3.63, 3.8) is 0 Å². The van der Waals surface area contributed by atoms with Crippen LogP contribution in [-0.2, 0) is 6.54 Å². The predicted octanol–water partition coefficient (Wildman–Crippen LogP) is 1.65. The van der Waals surface area contributed by atoms with Crippen molar-refractivity contribution in [2.24, 2.45) is 0 Å². The topological polar surface area (TPSA) is 33.1 Å². The lowest BCUT2D eigenvalue weighted by Gasteiger charge is -2.37. The van der Waals surface area contributed by atoms with Crippen molar-refractivity contribution in [1.29, 1.82) is 0 Å². The summed E-state index contributed by atoms with van der Waals surface area (Å²) in [6, 6.07) is 3.36. The van der Waals surface area contributed by atoms with Crippen LogP contribution in [0.25, 0.3) is 0 Å². The number of nitrogens with one attached hydrogen (secondary N) is 1. The summed E-state index contributed by atoms with van der Waals surface area (Å²) in [4.78, 5) is 2.50. The molecule has 96 valence electrons. The second kappa shape index (κ2) is 5.65. The maximum absolute atomic E-state index is 4.66. The number of likely N-dealkylation sites (N-methyl/N-ethyl adjacent to an activating group) is 1. The normalized spacial score (nSPS) is 18.4. The molecule has 1 aromatic rings. The minimum Gasteiger partial charge on any atom is -0.314 e. The van der Waals surface area contributed by atoms with Gasteiger partial charge in [0.2, 0.25) is 0 Å². The third-order valence-electron chi connectivity index (χ3n) is 3.75. The zero-order chi connectivity index (χ0) is 12.3. The van der Waals surface area contributed by atoms with E-state index in [1.165, 1.54) is 5.69 Å². The van der Waals surface area contributed by atoms with Crippen LogP contribution in [-0.4, -0.2) is 40.4 Å². The monoisotopic (exact) mass is 236 g/mol. The average Bonchev–Trinajstić information content (AvgIpc) is 2.73. The number of rotatable bonds is 6. The maximum Gasteiger partial charge on any atom is 0.0765 e. The molecule has 0 aliphatic carbocycles. The molecule has 1 atom stereocenters. The third-order valence-corrected chi connectivity index (χ3v) is 3.75. The number of aromatic nitrogens is 2. The van der Waals surface area contributed by atoms with Gasteiger partial charge in [0.25, 0.3) is 0 Å². The SMILES string of the molecule is CCC(C)n1ccc(CN(CC)C2CNC2)n1. The molecule has 17 heavy (non-hydrogen) atoms. The first-order chi connectivity index (χ1) is 8.24. The molecule has 0 saturated carbocycles. The van der Waals surface area contributed by atoms with Gasteiger partial charge in [-0.25, -0.2) is 0 Å². The molecule has 1 unspecified atom stereocenters. The van der Waals surface area contributed by atoms with Crippen LogP contribution in [0, 0.1) is 0 Å². The highest BCUT2D eigenvalue weighted by Gasteiger charge is 2.23. The molecule has 1 saturated heterocycles. The Bertz CT molecular complexity index is 343. The van der Waals surface area contributed by atoms with Crippen molar-refractivity contribution in [2.75, 3.05) is 19.6 Å². The summed E-state index contributed by atoms with van der Waals surface area (Å²) in [6.07, 6.45) is 3.24. The standard InChI is InChI=1S/C13H24N4/c1-4-11(3)17-7-6-12(15-17)10-16(5-2)13-8-14-9-13/h6-7,11,13-14H,4-5,8-10H2,1-3H3. The van der Waals surface area contributed by atoms with Gasteiger partial charge in [-0.3, -0.25) is 9.58 Å². The zero-order valence-electron chi connectivity index (χ0n) is 11.2. The fourth-order valence-corrected chi connectivity index (χ4v) is 2.13. The van der Waals surface area contributed by atoms with E-state index in [2.05, 4.69) is 53.0 Å². The molecule has 2 rings (SSSR count). The quantitative estimate of drug-likeness (QED) is 0.815. The fraction of sp³-hybridized carbons (Fsp3) is 0.769. The molecule has 0 spiro atoms. The minimum absolute atomic E-state index is 0.504. The summed E-state index contributed by atoms with van der Waals surface area (Å²) in [5, 5.41) is 7.99. The molecule has 4 nitrogen and oxygen atoms in total. The van der Waals surface area contributed by atoms with E-state index in [4.69, 9.17) is 0 Å². The third kappa shape index (κ3) is 2.87. The van der Waals surface area contributed by atoms with Crippen LogP contribution in [0.4, 0.5) is 0 Å². The lowest BCUT2D eigenvalue weighted by Crippen LogP contribution is -2.56. The van der Waals surface area contributed by atoms with E-state index in [1.807, 2.05) is 0 Å². The average molecular weight is 236 g/mol. The highest BCUT2D eigenvalue weighted by atomic mass is 15.3. The molecule has 0 aromatic carbocycles. The molecule has 0 radical (unpaired) electrons. The predicted molar refractivity (Wildman–Crippen MR) is 70.0 cm³/mol. The Labute approximate surface area is 104 Å². The highest BCUT2D eigenvalue weighted by molar-refractivity contribution is 5.01. The van der Waals surface area contributed by atoms with Gasteiger partial charge in [0.1, 0.15) is 0 Å². The van der Waals surface area contributed by atoms with Crippen LogP contribution < -0.4 is 5.32 Å². The molecule has 0 amide bonds. The maximum atomic E-state index is 4.66. The van der Waals surface area contributed by atoms with Crippen LogP contribution >= 0.6 is 0 Å². The lowest BCUT2D eigenvalue weighted by atomic mass is 10.1. The van der Waals surface area contributed by atoms with Crippen LogP contribution in [0.2, 0.25) is 0 Å². The van der Waals surface area contributed by atoms with Crippen LogP contribution in [0.1, 0.15) is 38.9 Å². The first-order valence-corrected chi connectivity index (χ1v) is 6.73. The molecule has 1 aliphatic rings. The van der Waals surface area contributed by atoms with Gasteiger partial charge < -0.3 is 5.32 Å². The smallest absolute Gasteiger partial charge is 0.0765 e. The van der Waals surface area contributed by atoms with Gasteiger partial charge in [-0.05, 0) is 26.0 Å². The Hall–Kier alpha value is -0.870. The Morgan fingerprint density at radius 3 is 2.82 bits per heavy atom. The van der Waals surface area contributed by atoms with E-state index in [9.17, 15) is 0 Å². The van der Waals surface area contributed by atoms with E-state index in [1.54, 1.807) is 0 Å². The Kier molecular flexibility index (Phi) is 4.18. The van der Waals surface area contributed by atoms with Crippen molar-refractivity contribution in [3.05, 3.63) is 18.0 Å². The molecule has 2 heterocycles. The first kappa shape index (κ1) is 12.6. The van der Waals surface area contributed by atoms with E-state index in [-0.39, 0.29) is 0 Å². The van der Waals surface area contributed by atoms with Crippen LogP contribution in [0.3, 0.4) is 0 Å². The van der Waals surface area contributed by atoms with Gasteiger partial charge in [-0.15, -0.1) is 0 Å². The van der Waals surface area contributed by atoms with Crippen LogP contribution in [0.15, 0.2) is 12.3 Å². The van der Waals surface area contributed by atoms with Crippen molar-refractivity contribution in [3.8, 4) is 0 Å². The summed E-state index contributed by atoms with van der Waals surface area (Å²) in [7, 11) is 0. The van der Waals surface area contributed by atoms with E-state index < -0.39 is 0 Å². The summed E-state index contributed by atoms with van der Waals surface area (Å²) >= 11 is 0. The van der Waals surface area contributed by atoms with Gasteiger partial charge in [0.15, 0.2) is 0 Å². The zero-order valence-corrected chi connectivity index (χ0v) is 11.2. The Balaban J connectivity index is 1.95. The lowest BCUT2D eigenvalue weighted by molar-refractivity contribution is 0.143. The molecule has 1 N–H and O–H groups in total. The molecular formula is C13H24N4. The van der Waals surface area contributed by atoms with Gasteiger partial charge in [0, 0.05) is 37.9 Å². The van der Waals surface area contributed by atoms with E-state index in [0.717, 1.165) is 32.6 Å². The number of hydrogen-bond donors (Lipinski definition) is 1. The molecule has 0 bridgehead atoms. The van der Waals surface area contributed by atoms with Crippen molar-refractivity contribution < 1.29 is 0 Å². The summed E-state index contributed by atoms with van der Waals surface area (Å²) in [5.41, 5.74) is 1.19. The van der Waals surface area contributed by atoms with E-state index >= 15 is 0 Å². The molecule has 1 aromatic heterocycles. The number of hydrogen-bond acceptors (Lipinski definition) is 3. The van der Waals surface area contributed by atoms with Gasteiger partial charge >= 0.3 is 0 Å². The van der Waals surface area contributed by atoms with Crippen molar-refractivity contribution in [1.82, 2.24) is 20.0 Å². The van der Waals surface area contributed by atoms with Gasteiger partial charge in [-0.1, -0.05) is 13.8 Å². The second-order valence-electron chi connectivity index (χ2n) is 4.92.